The highest BCUT2D eigenvalue weighted by Crippen LogP contribution is 2.41. The summed E-state index contributed by atoms with van der Waals surface area (Å²) in [4.78, 5) is 41.0. The Morgan fingerprint density at radius 2 is 1.65 bits per heavy atom. The first-order valence-electron chi connectivity index (χ1n) is 16.0. The van der Waals surface area contributed by atoms with Gasteiger partial charge < -0.3 is 19.9 Å². The number of likely N-dealkylation sites (N-methyl/N-ethyl adjacent to an activating group) is 1. The van der Waals surface area contributed by atoms with Crippen molar-refractivity contribution in [2.24, 2.45) is 5.92 Å². The summed E-state index contributed by atoms with van der Waals surface area (Å²) in [5.41, 5.74) is 1.32. The summed E-state index contributed by atoms with van der Waals surface area (Å²) in [5, 5.41) is 12.5. The van der Waals surface area contributed by atoms with E-state index in [0.717, 1.165) is 16.3 Å². The largest absolute Gasteiger partial charge is 0.481 e. The molecular weight excluding hydrogens is 633 g/mol. The van der Waals surface area contributed by atoms with Gasteiger partial charge >= 0.3 is 12.1 Å². The van der Waals surface area contributed by atoms with Gasteiger partial charge in [-0.05, 0) is 123 Å². The number of aromatic nitrogens is 1. The molecule has 0 spiro atoms. The molecule has 0 bridgehead atoms. The highest BCUT2D eigenvalue weighted by Gasteiger charge is 2.36. The molecule has 2 N–H and O–H groups in total. The van der Waals surface area contributed by atoms with E-state index in [9.17, 15) is 37.1 Å². The van der Waals surface area contributed by atoms with Crippen molar-refractivity contribution >= 4 is 11.9 Å². The molecule has 4 rings (SSSR count). The number of nitrogens with zero attached hydrogens (tertiary/aromatic N) is 2. The standard InChI is InChI=1S/C36H42F5N3O4/c1-19(2)12-30(44-18-22(10-11-43(5)6)28(16-31(44)45)36(39,40)41)35(48)42-29(17-32(46)47)27-15-26(24-8-7-9-25(24)34(27)38)33-20(3)13-23(37)14-21(33)4/h13-16,18-19,29-30H,7-12,17H2,1-6H3,(H,42,48)(H,46,47)/t29-,30-/m0/s1. The molecule has 48 heavy (non-hydrogen) atoms. The average molecular weight is 676 g/mol. The Labute approximate surface area is 276 Å². The lowest BCUT2D eigenvalue weighted by Gasteiger charge is -2.27. The zero-order valence-electron chi connectivity index (χ0n) is 28.0. The van der Waals surface area contributed by atoms with Gasteiger partial charge in [-0.1, -0.05) is 13.8 Å². The van der Waals surface area contributed by atoms with Gasteiger partial charge in [0.25, 0.3) is 5.56 Å². The third-order valence-corrected chi connectivity index (χ3v) is 8.83. The van der Waals surface area contributed by atoms with E-state index in [1.54, 1.807) is 46.7 Å². The SMILES string of the molecule is Cc1cc(F)cc(C)c1-c1cc([C@H](CC(=O)O)NC(=O)[C@H](CC(C)C)n2cc(CCN(C)C)c(C(F)(F)F)cc2=O)c(F)c2c1CCC2. The molecule has 1 aliphatic rings. The maximum absolute atomic E-state index is 16.3. The number of aliphatic carboxylic acids is 1. The molecule has 0 fully saturated rings. The number of halogens is 5. The van der Waals surface area contributed by atoms with Crippen molar-refractivity contribution in [2.75, 3.05) is 20.6 Å². The lowest BCUT2D eigenvalue weighted by molar-refractivity contribution is -0.139. The van der Waals surface area contributed by atoms with E-state index >= 15 is 4.39 Å². The van der Waals surface area contributed by atoms with Crippen molar-refractivity contribution in [1.82, 2.24) is 14.8 Å². The van der Waals surface area contributed by atoms with Crippen LogP contribution >= 0.6 is 0 Å². The average Bonchev–Trinajstić information content (AvgIpc) is 3.45. The number of hydrogen-bond acceptors (Lipinski definition) is 4. The summed E-state index contributed by atoms with van der Waals surface area (Å²) in [7, 11) is 3.40. The van der Waals surface area contributed by atoms with Crippen LogP contribution in [0.4, 0.5) is 22.0 Å². The number of hydrogen-bond donors (Lipinski definition) is 2. The van der Waals surface area contributed by atoms with Gasteiger partial charge in [-0.2, -0.15) is 13.2 Å². The number of benzene rings is 2. The van der Waals surface area contributed by atoms with Crippen LogP contribution in [0, 0.1) is 31.4 Å². The van der Waals surface area contributed by atoms with E-state index in [1.165, 1.54) is 18.2 Å². The molecule has 260 valence electrons. The van der Waals surface area contributed by atoms with Gasteiger partial charge in [0.05, 0.1) is 18.0 Å². The number of pyridine rings is 1. The Kier molecular flexibility index (Phi) is 11.2. The van der Waals surface area contributed by atoms with Crippen LogP contribution in [0.3, 0.4) is 0 Å². The first kappa shape index (κ1) is 36.8. The summed E-state index contributed by atoms with van der Waals surface area (Å²) in [6.45, 7) is 7.26. The number of alkyl halides is 3. The molecule has 0 saturated carbocycles. The first-order chi connectivity index (χ1) is 22.4. The normalized spacial score (nSPS) is 14.4. The maximum atomic E-state index is 16.3. The lowest BCUT2D eigenvalue weighted by Crippen LogP contribution is -2.41. The predicted molar refractivity (Wildman–Crippen MR) is 173 cm³/mol. The van der Waals surface area contributed by atoms with E-state index in [2.05, 4.69) is 5.32 Å². The van der Waals surface area contributed by atoms with Gasteiger partial charge in [0.2, 0.25) is 5.91 Å². The molecule has 3 aromatic rings. The predicted octanol–water partition coefficient (Wildman–Crippen LogP) is 6.94. The Morgan fingerprint density at radius 3 is 2.21 bits per heavy atom. The fraction of sp³-hybridized carbons (Fsp3) is 0.472. The molecule has 1 aliphatic carbocycles. The molecule has 0 aliphatic heterocycles. The zero-order chi connectivity index (χ0) is 35.7. The number of carbonyl (C=O) groups is 2. The number of carboxylic acid groups (broad SMARTS) is 1. The van der Waals surface area contributed by atoms with E-state index < -0.39 is 59.3 Å². The van der Waals surface area contributed by atoms with Crippen molar-refractivity contribution in [3.05, 3.63) is 91.4 Å². The second-order valence-corrected chi connectivity index (χ2v) is 13.4. The van der Waals surface area contributed by atoms with Crippen LogP contribution in [0.5, 0.6) is 0 Å². The van der Waals surface area contributed by atoms with Crippen molar-refractivity contribution in [3.63, 3.8) is 0 Å². The quantitative estimate of drug-likeness (QED) is 0.203. The van der Waals surface area contributed by atoms with Crippen LogP contribution in [0.2, 0.25) is 0 Å². The van der Waals surface area contributed by atoms with Gasteiger partial charge in [0.1, 0.15) is 17.7 Å². The molecule has 1 amide bonds. The number of rotatable bonds is 12. The first-order valence-corrected chi connectivity index (χ1v) is 16.0. The highest BCUT2D eigenvalue weighted by molar-refractivity contribution is 5.82. The van der Waals surface area contributed by atoms with Crippen molar-refractivity contribution in [1.29, 1.82) is 0 Å². The maximum Gasteiger partial charge on any atom is 0.416 e. The van der Waals surface area contributed by atoms with Crippen molar-refractivity contribution < 1.29 is 36.6 Å². The summed E-state index contributed by atoms with van der Waals surface area (Å²) >= 11 is 0. The number of amides is 1. The van der Waals surface area contributed by atoms with Crippen LogP contribution < -0.4 is 10.9 Å². The molecular formula is C36H42F5N3O4. The van der Waals surface area contributed by atoms with Crippen molar-refractivity contribution in [2.45, 2.75) is 84.5 Å². The summed E-state index contributed by atoms with van der Waals surface area (Å²) < 4.78 is 73.3. The smallest absolute Gasteiger partial charge is 0.416 e. The summed E-state index contributed by atoms with van der Waals surface area (Å²) in [6.07, 6.45) is -2.84. The topological polar surface area (TPSA) is 91.6 Å². The summed E-state index contributed by atoms with van der Waals surface area (Å²) in [6, 6.07) is 2.05. The molecule has 0 radical (unpaired) electrons. The summed E-state index contributed by atoms with van der Waals surface area (Å²) in [5.74, 6) is -3.43. The monoisotopic (exact) mass is 675 g/mol. The van der Waals surface area contributed by atoms with Gasteiger partial charge in [-0.3, -0.25) is 14.4 Å². The molecule has 7 nitrogen and oxygen atoms in total. The van der Waals surface area contributed by atoms with Crippen LogP contribution in [-0.4, -0.2) is 47.1 Å². The van der Waals surface area contributed by atoms with E-state index in [4.69, 9.17) is 0 Å². The van der Waals surface area contributed by atoms with Gasteiger partial charge in [-0.25, -0.2) is 8.78 Å². The second-order valence-electron chi connectivity index (χ2n) is 13.4. The number of carbonyl (C=O) groups excluding carboxylic acids is 1. The Hall–Kier alpha value is -4.06. The molecule has 1 heterocycles. The van der Waals surface area contributed by atoms with Crippen LogP contribution in [0.15, 0.2) is 35.3 Å². The van der Waals surface area contributed by atoms with Crippen LogP contribution in [0.1, 0.15) is 84.1 Å². The minimum absolute atomic E-state index is 0.0376. The van der Waals surface area contributed by atoms with Gasteiger partial charge in [0.15, 0.2) is 0 Å². The lowest BCUT2D eigenvalue weighted by atomic mass is 9.86. The molecule has 12 heteroatoms. The van der Waals surface area contributed by atoms with Crippen LogP contribution in [-0.2, 0) is 35.0 Å². The molecule has 2 atom stereocenters. The number of carboxylic acids is 1. The third kappa shape index (κ3) is 8.14. The van der Waals surface area contributed by atoms with Gasteiger partial charge in [0, 0.05) is 24.4 Å². The molecule has 1 aromatic heterocycles. The molecule has 2 aromatic carbocycles. The second kappa shape index (κ2) is 14.6. The Morgan fingerprint density at radius 1 is 1.02 bits per heavy atom. The number of fused-ring (bicyclic) bond motifs is 1. The minimum Gasteiger partial charge on any atom is -0.481 e. The number of nitrogens with one attached hydrogen (secondary N) is 1. The fourth-order valence-electron chi connectivity index (χ4n) is 6.69. The third-order valence-electron chi connectivity index (χ3n) is 8.83. The fourth-order valence-corrected chi connectivity index (χ4v) is 6.69. The van der Waals surface area contributed by atoms with E-state index in [1.807, 2.05) is 0 Å². The van der Waals surface area contributed by atoms with E-state index in [-0.39, 0.29) is 36.4 Å². The minimum atomic E-state index is -4.80. The molecule has 0 unspecified atom stereocenters. The Bertz CT molecular complexity index is 1740. The number of aryl methyl sites for hydroxylation is 2. The van der Waals surface area contributed by atoms with Crippen LogP contribution in [0.25, 0.3) is 11.1 Å². The highest BCUT2D eigenvalue weighted by atomic mass is 19.4. The van der Waals surface area contributed by atoms with Gasteiger partial charge in [-0.15, -0.1) is 0 Å². The Balaban J connectivity index is 1.84. The van der Waals surface area contributed by atoms with E-state index in [0.29, 0.717) is 53.1 Å². The molecule has 0 saturated heterocycles. The zero-order valence-corrected chi connectivity index (χ0v) is 28.0. The van der Waals surface area contributed by atoms with Crippen molar-refractivity contribution in [3.8, 4) is 11.1 Å².